The van der Waals surface area contributed by atoms with E-state index >= 15 is 0 Å². The van der Waals surface area contributed by atoms with Crippen LogP contribution < -0.4 is 5.32 Å². The molecule has 2 atom stereocenters. The van der Waals surface area contributed by atoms with Crippen LogP contribution in [-0.4, -0.2) is 25.9 Å². The predicted octanol–water partition coefficient (Wildman–Crippen LogP) is 3.97. The van der Waals surface area contributed by atoms with Crippen molar-refractivity contribution in [3.8, 4) is 0 Å². The fourth-order valence-electron chi connectivity index (χ4n) is 2.75. The van der Waals surface area contributed by atoms with Gasteiger partial charge in [0.15, 0.2) is 0 Å². The van der Waals surface area contributed by atoms with Gasteiger partial charge in [-0.3, -0.25) is 0 Å². The maximum atomic E-state index is 6.07. The predicted molar refractivity (Wildman–Crippen MR) is 88.7 cm³/mol. The van der Waals surface area contributed by atoms with Gasteiger partial charge in [-0.1, -0.05) is 13.8 Å². The number of rotatable bonds is 8. The van der Waals surface area contributed by atoms with Crippen LogP contribution in [0.1, 0.15) is 49.3 Å². The molecule has 1 aliphatic rings. The SMILES string of the molecule is COC1CCCC(OCc2ccc(CNCC(C)C)s2)C1. The highest BCUT2D eigenvalue weighted by Gasteiger charge is 2.22. The van der Waals surface area contributed by atoms with Crippen LogP contribution in [0.5, 0.6) is 0 Å². The van der Waals surface area contributed by atoms with Crippen molar-refractivity contribution in [3.63, 3.8) is 0 Å². The summed E-state index contributed by atoms with van der Waals surface area (Å²) in [6, 6.07) is 4.42. The molecular formula is C17H29NO2S. The molecule has 2 unspecified atom stereocenters. The van der Waals surface area contributed by atoms with Crippen molar-refractivity contribution in [2.24, 2.45) is 5.92 Å². The van der Waals surface area contributed by atoms with Crippen molar-refractivity contribution >= 4 is 11.3 Å². The zero-order valence-corrected chi connectivity index (χ0v) is 14.4. The molecule has 120 valence electrons. The van der Waals surface area contributed by atoms with Crippen molar-refractivity contribution in [3.05, 3.63) is 21.9 Å². The molecule has 1 aromatic heterocycles. The molecule has 21 heavy (non-hydrogen) atoms. The third kappa shape index (κ3) is 6.07. The van der Waals surface area contributed by atoms with Gasteiger partial charge in [0.1, 0.15) is 0 Å². The van der Waals surface area contributed by atoms with E-state index in [-0.39, 0.29) is 0 Å². The van der Waals surface area contributed by atoms with E-state index in [0.717, 1.165) is 26.1 Å². The minimum Gasteiger partial charge on any atom is -0.381 e. The Morgan fingerprint density at radius 2 is 2.00 bits per heavy atom. The van der Waals surface area contributed by atoms with E-state index in [1.54, 1.807) is 0 Å². The Hall–Kier alpha value is -0.420. The van der Waals surface area contributed by atoms with Gasteiger partial charge in [0.25, 0.3) is 0 Å². The van der Waals surface area contributed by atoms with Crippen LogP contribution >= 0.6 is 11.3 Å². The number of methoxy groups -OCH3 is 1. The van der Waals surface area contributed by atoms with Gasteiger partial charge < -0.3 is 14.8 Å². The summed E-state index contributed by atoms with van der Waals surface area (Å²) in [6.07, 6.45) is 5.38. The Balaban J connectivity index is 1.70. The van der Waals surface area contributed by atoms with E-state index in [2.05, 4.69) is 31.3 Å². The van der Waals surface area contributed by atoms with Gasteiger partial charge in [0.2, 0.25) is 0 Å². The monoisotopic (exact) mass is 311 g/mol. The Labute approximate surface area is 133 Å². The highest BCUT2D eigenvalue weighted by atomic mass is 32.1. The lowest BCUT2D eigenvalue weighted by Crippen LogP contribution is -2.27. The first-order chi connectivity index (χ1) is 10.2. The molecule has 2 rings (SSSR count). The van der Waals surface area contributed by atoms with E-state index in [0.29, 0.717) is 18.1 Å². The summed E-state index contributed by atoms with van der Waals surface area (Å²) in [7, 11) is 1.81. The first kappa shape index (κ1) is 16.9. The molecule has 1 fully saturated rings. The Morgan fingerprint density at radius 3 is 2.76 bits per heavy atom. The fourth-order valence-corrected chi connectivity index (χ4v) is 3.66. The van der Waals surface area contributed by atoms with Crippen molar-refractivity contribution < 1.29 is 9.47 Å². The first-order valence-corrected chi connectivity index (χ1v) is 8.91. The Kier molecular flexibility index (Phi) is 7.17. The molecule has 1 saturated carbocycles. The van der Waals surface area contributed by atoms with Crippen molar-refractivity contribution in [1.29, 1.82) is 0 Å². The fraction of sp³-hybridized carbons (Fsp3) is 0.765. The first-order valence-electron chi connectivity index (χ1n) is 8.10. The lowest BCUT2D eigenvalue weighted by molar-refractivity contribution is -0.0356. The minimum absolute atomic E-state index is 0.369. The van der Waals surface area contributed by atoms with Crippen LogP contribution in [0.15, 0.2) is 12.1 Å². The highest BCUT2D eigenvalue weighted by molar-refractivity contribution is 7.11. The normalized spacial score (nSPS) is 22.9. The van der Waals surface area contributed by atoms with Gasteiger partial charge in [-0.2, -0.15) is 0 Å². The Bertz CT molecular complexity index is 405. The highest BCUT2D eigenvalue weighted by Crippen LogP contribution is 2.25. The van der Waals surface area contributed by atoms with Crippen LogP contribution in [0, 0.1) is 5.92 Å². The lowest BCUT2D eigenvalue weighted by atomic mass is 9.95. The van der Waals surface area contributed by atoms with E-state index in [9.17, 15) is 0 Å². The van der Waals surface area contributed by atoms with Gasteiger partial charge in [0.05, 0.1) is 18.8 Å². The third-order valence-electron chi connectivity index (χ3n) is 3.94. The van der Waals surface area contributed by atoms with E-state index < -0.39 is 0 Å². The van der Waals surface area contributed by atoms with E-state index in [4.69, 9.17) is 9.47 Å². The van der Waals surface area contributed by atoms with Crippen LogP contribution in [0.2, 0.25) is 0 Å². The van der Waals surface area contributed by atoms with Crippen LogP contribution in [0.3, 0.4) is 0 Å². The second-order valence-corrected chi connectivity index (χ2v) is 7.60. The van der Waals surface area contributed by atoms with Gasteiger partial charge in [-0.25, -0.2) is 0 Å². The topological polar surface area (TPSA) is 30.5 Å². The molecule has 1 N–H and O–H groups in total. The third-order valence-corrected chi connectivity index (χ3v) is 5.00. The summed E-state index contributed by atoms with van der Waals surface area (Å²) in [4.78, 5) is 2.73. The number of hydrogen-bond donors (Lipinski definition) is 1. The van der Waals surface area contributed by atoms with Gasteiger partial charge in [-0.05, 0) is 50.3 Å². The molecule has 0 spiro atoms. The molecule has 0 aliphatic heterocycles. The van der Waals surface area contributed by atoms with Gasteiger partial charge in [-0.15, -0.1) is 11.3 Å². The molecule has 0 bridgehead atoms. The zero-order valence-electron chi connectivity index (χ0n) is 13.6. The molecule has 1 heterocycles. The van der Waals surface area contributed by atoms with Gasteiger partial charge >= 0.3 is 0 Å². The molecule has 4 heteroatoms. The summed E-state index contributed by atoms with van der Waals surface area (Å²) in [5.74, 6) is 0.702. The van der Waals surface area contributed by atoms with Crippen LogP contribution in [-0.2, 0) is 22.6 Å². The van der Waals surface area contributed by atoms with Crippen molar-refractivity contribution in [2.45, 2.75) is 64.9 Å². The van der Waals surface area contributed by atoms with Crippen molar-refractivity contribution in [2.75, 3.05) is 13.7 Å². The molecule has 0 saturated heterocycles. The molecular weight excluding hydrogens is 282 g/mol. The molecule has 0 amide bonds. The summed E-state index contributed by atoms with van der Waals surface area (Å²) in [5, 5.41) is 3.49. The summed E-state index contributed by atoms with van der Waals surface area (Å²) >= 11 is 1.86. The van der Waals surface area contributed by atoms with Gasteiger partial charge in [0, 0.05) is 23.4 Å². The Morgan fingerprint density at radius 1 is 1.24 bits per heavy atom. The zero-order chi connectivity index (χ0) is 15.1. The second-order valence-electron chi connectivity index (χ2n) is 6.35. The number of ether oxygens (including phenoxy) is 2. The molecule has 1 aliphatic carbocycles. The van der Waals surface area contributed by atoms with Crippen molar-refractivity contribution in [1.82, 2.24) is 5.32 Å². The standard InChI is InChI=1S/C17H29NO2S/c1-13(2)10-18-11-16-7-8-17(21-16)12-20-15-6-4-5-14(9-15)19-3/h7-8,13-15,18H,4-6,9-12H2,1-3H3. The van der Waals surface area contributed by atoms with E-state index in [1.807, 2.05) is 18.4 Å². The van der Waals surface area contributed by atoms with E-state index in [1.165, 1.54) is 29.0 Å². The molecule has 3 nitrogen and oxygen atoms in total. The smallest absolute Gasteiger partial charge is 0.0813 e. The average molecular weight is 311 g/mol. The van der Waals surface area contributed by atoms with Crippen LogP contribution in [0.25, 0.3) is 0 Å². The summed E-state index contributed by atoms with van der Waals surface area (Å²) in [6.45, 7) is 7.26. The summed E-state index contributed by atoms with van der Waals surface area (Å²) < 4.78 is 11.5. The minimum atomic E-state index is 0.369. The maximum absolute atomic E-state index is 6.07. The molecule has 0 aromatic carbocycles. The number of nitrogens with one attached hydrogen (secondary N) is 1. The average Bonchev–Trinajstić information content (AvgIpc) is 2.93. The van der Waals surface area contributed by atoms with Crippen LogP contribution in [0.4, 0.5) is 0 Å². The summed E-state index contributed by atoms with van der Waals surface area (Å²) in [5.41, 5.74) is 0. The molecule has 1 aromatic rings. The largest absolute Gasteiger partial charge is 0.381 e. The number of thiophene rings is 1. The second kappa shape index (κ2) is 8.89. The molecule has 0 radical (unpaired) electrons. The number of hydrogen-bond acceptors (Lipinski definition) is 4. The quantitative estimate of drug-likeness (QED) is 0.788. The maximum Gasteiger partial charge on any atom is 0.0813 e. The lowest BCUT2D eigenvalue weighted by Gasteiger charge is -2.28.